The van der Waals surface area contributed by atoms with Crippen LogP contribution >= 0.6 is 0 Å². The maximum absolute atomic E-state index is 12.9. The monoisotopic (exact) mass is 451 g/mol. The van der Waals surface area contributed by atoms with Gasteiger partial charge in [0.25, 0.3) is 5.91 Å². The fourth-order valence-corrected chi connectivity index (χ4v) is 3.37. The van der Waals surface area contributed by atoms with Crippen LogP contribution in [0.5, 0.6) is 0 Å². The van der Waals surface area contributed by atoms with Crippen molar-refractivity contribution in [3.8, 4) is 11.4 Å². The molecule has 1 atom stereocenters. The molecule has 0 saturated heterocycles. The summed E-state index contributed by atoms with van der Waals surface area (Å²) in [4.78, 5) is 36.7. The van der Waals surface area contributed by atoms with Crippen LogP contribution in [0.25, 0.3) is 17.0 Å². The lowest BCUT2D eigenvalue weighted by Crippen LogP contribution is -2.43. The first-order valence-electron chi connectivity index (χ1n) is 10.7. The van der Waals surface area contributed by atoms with Crippen LogP contribution in [0.1, 0.15) is 51.9 Å². The second-order valence-corrected chi connectivity index (χ2v) is 9.15. The maximum atomic E-state index is 12.9. The van der Waals surface area contributed by atoms with E-state index in [4.69, 9.17) is 4.74 Å². The molecular formula is C24H29N5O4. The lowest BCUT2D eigenvalue weighted by atomic mass is 10.0. The number of nitrogens with one attached hydrogen (secondary N) is 2. The molecule has 0 spiro atoms. The number of pyridine rings is 1. The average Bonchev–Trinajstić information content (AvgIpc) is 3.14. The van der Waals surface area contributed by atoms with Crippen LogP contribution < -0.4 is 10.6 Å². The quantitative estimate of drug-likeness (QED) is 0.583. The highest BCUT2D eigenvalue weighted by atomic mass is 16.6. The summed E-state index contributed by atoms with van der Waals surface area (Å²) in [5.74, 6) is 0.0146. The zero-order valence-corrected chi connectivity index (χ0v) is 19.7. The van der Waals surface area contributed by atoms with Crippen molar-refractivity contribution in [3.05, 3.63) is 48.2 Å². The zero-order valence-electron chi connectivity index (χ0n) is 19.7. The van der Waals surface area contributed by atoms with Gasteiger partial charge in [0.1, 0.15) is 5.60 Å². The predicted octanol–water partition coefficient (Wildman–Crippen LogP) is 4.09. The topological polar surface area (TPSA) is 115 Å². The Labute approximate surface area is 192 Å². The van der Waals surface area contributed by atoms with E-state index in [0.717, 1.165) is 5.56 Å². The van der Waals surface area contributed by atoms with Crippen LogP contribution in [-0.2, 0) is 9.53 Å². The fourth-order valence-electron chi connectivity index (χ4n) is 3.37. The van der Waals surface area contributed by atoms with Crippen LogP contribution in [0, 0.1) is 5.92 Å². The van der Waals surface area contributed by atoms with E-state index in [9.17, 15) is 14.4 Å². The SMILES string of the molecule is CC(=O)[C@@H](NC(=O)c1cccn2c(-c3ccc(NC(=O)OC(C)(C)C)cc3)nnc12)C(C)C. The molecule has 33 heavy (non-hydrogen) atoms. The first-order valence-corrected chi connectivity index (χ1v) is 10.7. The smallest absolute Gasteiger partial charge is 0.412 e. The Kier molecular flexibility index (Phi) is 6.81. The molecule has 3 rings (SSSR count). The Morgan fingerprint density at radius 3 is 2.27 bits per heavy atom. The van der Waals surface area contributed by atoms with E-state index in [-0.39, 0.29) is 17.6 Å². The van der Waals surface area contributed by atoms with Crippen molar-refractivity contribution in [1.82, 2.24) is 19.9 Å². The number of Topliss-reactive ketones (excluding diaryl/α,β-unsaturated/α-hetero) is 1. The molecule has 2 heterocycles. The van der Waals surface area contributed by atoms with Gasteiger partial charge in [-0.05, 0) is 70.0 Å². The van der Waals surface area contributed by atoms with Gasteiger partial charge in [-0.1, -0.05) is 13.8 Å². The maximum Gasteiger partial charge on any atom is 0.412 e. The van der Waals surface area contributed by atoms with Crippen molar-refractivity contribution in [1.29, 1.82) is 0 Å². The molecular weight excluding hydrogens is 422 g/mol. The molecule has 9 nitrogen and oxygen atoms in total. The van der Waals surface area contributed by atoms with Gasteiger partial charge in [0.15, 0.2) is 17.3 Å². The third-order valence-corrected chi connectivity index (χ3v) is 4.86. The number of aromatic nitrogens is 3. The van der Waals surface area contributed by atoms with Gasteiger partial charge in [-0.2, -0.15) is 0 Å². The number of amides is 2. The summed E-state index contributed by atoms with van der Waals surface area (Å²) in [7, 11) is 0. The van der Waals surface area contributed by atoms with E-state index in [1.807, 2.05) is 13.8 Å². The lowest BCUT2D eigenvalue weighted by Gasteiger charge is -2.19. The number of carbonyl (C=O) groups is 3. The highest BCUT2D eigenvalue weighted by molar-refractivity contribution is 6.02. The minimum Gasteiger partial charge on any atom is -0.444 e. The highest BCUT2D eigenvalue weighted by Gasteiger charge is 2.23. The highest BCUT2D eigenvalue weighted by Crippen LogP contribution is 2.22. The second-order valence-electron chi connectivity index (χ2n) is 9.15. The van der Waals surface area contributed by atoms with Gasteiger partial charge in [0.05, 0.1) is 11.6 Å². The molecule has 0 aliphatic rings. The molecule has 0 aliphatic carbocycles. The Hall–Kier alpha value is -3.75. The van der Waals surface area contributed by atoms with Crippen LogP contribution in [-0.4, -0.2) is 44.0 Å². The number of ether oxygens (including phenoxy) is 1. The molecule has 1 aromatic carbocycles. The zero-order chi connectivity index (χ0) is 24.3. The van der Waals surface area contributed by atoms with Gasteiger partial charge >= 0.3 is 6.09 Å². The Bertz CT molecular complexity index is 1180. The van der Waals surface area contributed by atoms with E-state index in [1.54, 1.807) is 67.8 Å². The number of hydrogen-bond donors (Lipinski definition) is 2. The molecule has 174 valence electrons. The summed E-state index contributed by atoms with van der Waals surface area (Å²) in [6.45, 7) is 10.6. The van der Waals surface area contributed by atoms with Crippen molar-refractivity contribution < 1.29 is 19.1 Å². The van der Waals surface area contributed by atoms with Gasteiger partial charge in [-0.15, -0.1) is 10.2 Å². The second kappa shape index (κ2) is 9.40. The van der Waals surface area contributed by atoms with E-state index >= 15 is 0 Å². The fraction of sp³-hybridized carbons (Fsp3) is 0.375. The van der Waals surface area contributed by atoms with Crippen molar-refractivity contribution in [2.45, 2.75) is 53.2 Å². The van der Waals surface area contributed by atoms with Crippen LogP contribution in [0.4, 0.5) is 10.5 Å². The summed E-state index contributed by atoms with van der Waals surface area (Å²) < 4.78 is 6.97. The molecule has 2 amide bonds. The van der Waals surface area contributed by atoms with Crippen molar-refractivity contribution in [3.63, 3.8) is 0 Å². The number of hydrogen-bond acceptors (Lipinski definition) is 6. The van der Waals surface area contributed by atoms with E-state index in [2.05, 4.69) is 20.8 Å². The molecule has 0 unspecified atom stereocenters. The summed E-state index contributed by atoms with van der Waals surface area (Å²) in [5.41, 5.74) is 1.44. The summed E-state index contributed by atoms with van der Waals surface area (Å²) in [5, 5.41) is 13.9. The number of fused-ring (bicyclic) bond motifs is 1. The molecule has 0 aliphatic heterocycles. The minimum absolute atomic E-state index is 0.0348. The van der Waals surface area contributed by atoms with Gasteiger partial charge in [-0.3, -0.25) is 19.3 Å². The third kappa shape index (κ3) is 5.74. The van der Waals surface area contributed by atoms with Crippen LogP contribution in [0.2, 0.25) is 0 Å². The largest absolute Gasteiger partial charge is 0.444 e. The molecule has 3 aromatic rings. The third-order valence-electron chi connectivity index (χ3n) is 4.86. The summed E-state index contributed by atoms with van der Waals surface area (Å²) >= 11 is 0. The normalized spacial score (nSPS) is 12.5. The number of rotatable bonds is 6. The van der Waals surface area contributed by atoms with Crippen LogP contribution in [0.3, 0.4) is 0 Å². The molecule has 2 aromatic heterocycles. The van der Waals surface area contributed by atoms with Crippen molar-refractivity contribution >= 4 is 29.1 Å². The molecule has 9 heteroatoms. The number of anilines is 1. The summed E-state index contributed by atoms with van der Waals surface area (Å²) in [6, 6.07) is 9.85. The van der Waals surface area contributed by atoms with Gasteiger partial charge < -0.3 is 10.1 Å². The first-order chi connectivity index (χ1) is 15.5. The van der Waals surface area contributed by atoms with E-state index in [1.165, 1.54) is 6.92 Å². The van der Waals surface area contributed by atoms with Crippen molar-refractivity contribution in [2.75, 3.05) is 5.32 Å². The van der Waals surface area contributed by atoms with Crippen molar-refractivity contribution in [2.24, 2.45) is 5.92 Å². The Morgan fingerprint density at radius 2 is 1.70 bits per heavy atom. The van der Waals surface area contributed by atoms with E-state index < -0.39 is 17.7 Å². The standard InChI is InChI=1S/C24H29N5O4/c1-14(2)19(15(3)30)26-22(31)18-8-7-13-29-20(27-28-21(18)29)16-9-11-17(12-10-16)25-23(32)33-24(4,5)6/h7-14,19H,1-6H3,(H,25,32)(H,26,31)/t19-/m0/s1. The molecule has 0 saturated carbocycles. The lowest BCUT2D eigenvalue weighted by molar-refractivity contribution is -0.119. The number of carbonyl (C=O) groups excluding carboxylic acids is 3. The van der Waals surface area contributed by atoms with Gasteiger partial charge in [0, 0.05) is 17.4 Å². The average molecular weight is 452 g/mol. The van der Waals surface area contributed by atoms with Gasteiger partial charge in [-0.25, -0.2) is 4.79 Å². The van der Waals surface area contributed by atoms with Crippen LogP contribution in [0.15, 0.2) is 42.6 Å². The molecule has 0 fully saturated rings. The van der Waals surface area contributed by atoms with Gasteiger partial charge in [0.2, 0.25) is 0 Å². The predicted molar refractivity (Wildman–Crippen MR) is 125 cm³/mol. The minimum atomic E-state index is -0.589. The number of ketones is 1. The molecule has 2 N–H and O–H groups in total. The Balaban J connectivity index is 1.84. The molecule has 0 radical (unpaired) electrons. The Morgan fingerprint density at radius 1 is 1.03 bits per heavy atom. The number of nitrogens with zero attached hydrogens (tertiary/aromatic N) is 3. The number of benzene rings is 1. The first kappa shape index (κ1) is 23.9. The van der Waals surface area contributed by atoms with E-state index in [0.29, 0.717) is 22.7 Å². The summed E-state index contributed by atoms with van der Waals surface area (Å²) in [6.07, 6.45) is 1.23. The molecule has 0 bridgehead atoms.